The Hall–Kier alpha value is -5.51. The molecule has 0 spiro atoms. The minimum Gasteiger partial charge on any atom is -0.497 e. The number of hydrogen-bond acceptors (Lipinski definition) is 14. The number of carbonyl (C=O) groups is 4. The van der Waals surface area contributed by atoms with E-state index in [0.29, 0.717) is 39.4 Å². The predicted molar refractivity (Wildman–Crippen MR) is 248 cm³/mol. The zero-order chi connectivity index (χ0) is 46.7. The fourth-order valence-corrected chi connectivity index (χ4v) is 11.3. The van der Waals surface area contributed by atoms with Crippen molar-refractivity contribution < 1.29 is 47.2 Å². The number of pyridine rings is 1. The highest BCUT2D eigenvalue weighted by Gasteiger charge is 2.65. The Morgan fingerprint density at radius 3 is 2.43 bits per heavy atom. The zero-order valence-corrected chi connectivity index (χ0v) is 39.7. The largest absolute Gasteiger partial charge is 0.497 e. The average molecular weight is 931 g/mol. The molecule has 65 heavy (non-hydrogen) atoms. The van der Waals surface area contributed by atoms with Gasteiger partial charge in [-0.05, 0) is 75.6 Å². The minimum atomic E-state index is -3.78. The third-order valence-electron chi connectivity index (χ3n) is 12.1. The topological polar surface area (TPSA) is 197 Å². The Labute approximate surface area is 383 Å². The maximum absolute atomic E-state index is 14.9. The normalized spacial score (nSPS) is 22.2. The fraction of sp³-hybridized carbons (Fsp3) is 0.489. The van der Waals surface area contributed by atoms with Crippen molar-refractivity contribution in [2.24, 2.45) is 11.3 Å². The Morgan fingerprint density at radius 2 is 1.77 bits per heavy atom. The number of aromatic nitrogens is 2. The number of rotatable bonds is 17. The number of alkyl carbamates (subject to hydrolysis) is 1. The van der Waals surface area contributed by atoms with E-state index < -0.39 is 72.8 Å². The van der Waals surface area contributed by atoms with Gasteiger partial charge in [0.05, 0.1) is 30.4 Å². The Morgan fingerprint density at radius 1 is 1.03 bits per heavy atom. The maximum Gasteiger partial charge on any atom is 0.408 e. The number of nitrogens with one attached hydrogen (secondary N) is 3. The van der Waals surface area contributed by atoms with Gasteiger partial charge in [-0.3, -0.25) is 18.7 Å². The first-order valence-electron chi connectivity index (χ1n) is 22.0. The molecular formula is C47H59N6O10PS. The van der Waals surface area contributed by atoms with Crippen molar-refractivity contribution in [2.75, 3.05) is 32.4 Å². The zero-order valence-electron chi connectivity index (χ0n) is 38.0. The first-order chi connectivity index (χ1) is 30.9. The lowest BCUT2D eigenvalue weighted by molar-refractivity contribution is -0.142. The van der Waals surface area contributed by atoms with Crippen LogP contribution in [0.3, 0.4) is 0 Å². The molecule has 3 fully saturated rings. The smallest absolute Gasteiger partial charge is 0.408 e. The van der Waals surface area contributed by atoms with Crippen LogP contribution >= 0.6 is 18.7 Å². The molecule has 18 heteroatoms. The number of fused-ring (bicyclic) bond motifs is 1. The van der Waals surface area contributed by atoms with Gasteiger partial charge in [0, 0.05) is 47.9 Å². The molecular weight excluding hydrogens is 872 g/mol. The van der Waals surface area contributed by atoms with Crippen LogP contribution in [0.15, 0.2) is 72.6 Å². The summed E-state index contributed by atoms with van der Waals surface area (Å²) in [5, 5.41) is 11.1. The summed E-state index contributed by atoms with van der Waals surface area (Å²) >= 11 is 1.45. The SMILES string of the molecule is C=C[C@@H]1C[C@]1(NC(=O)[C@@H]1C[C@@H](Oc2cc(-c3csc(NC(C)C)n3)nc3cc(OC)ccc23)CN1C(=O)[C@@H](NC(=O)OC1CCCC1)C(C)(C)C)P(C)(=O)OCOC(=O)c1ccccc1. The van der Waals surface area contributed by atoms with Crippen molar-refractivity contribution in [1.29, 1.82) is 0 Å². The van der Waals surface area contributed by atoms with Crippen LogP contribution < -0.4 is 25.4 Å². The molecule has 2 saturated carbocycles. The van der Waals surface area contributed by atoms with Crippen molar-refractivity contribution in [3.05, 3.63) is 78.2 Å². The van der Waals surface area contributed by atoms with Gasteiger partial charge < -0.3 is 39.8 Å². The van der Waals surface area contributed by atoms with Gasteiger partial charge in [0.25, 0.3) is 0 Å². The van der Waals surface area contributed by atoms with Gasteiger partial charge in [-0.1, -0.05) is 45.0 Å². The summed E-state index contributed by atoms with van der Waals surface area (Å²) < 4.78 is 43.6. The van der Waals surface area contributed by atoms with E-state index in [9.17, 15) is 23.7 Å². The number of esters is 1. The molecule has 3 aliphatic rings. The van der Waals surface area contributed by atoms with E-state index in [-0.39, 0.29) is 31.5 Å². The van der Waals surface area contributed by atoms with Crippen molar-refractivity contribution in [3.8, 4) is 22.9 Å². The summed E-state index contributed by atoms with van der Waals surface area (Å²) in [6.07, 6.45) is 3.60. The van der Waals surface area contributed by atoms with Gasteiger partial charge in [0.2, 0.25) is 19.2 Å². The van der Waals surface area contributed by atoms with Crippen LogP contribution in [0.1, 0.15) is 83.5 Å². The highest BCUT2D eigenvalue weighted by atomic mass is 32.1. The summed E-state index contributed by atoms with van der Waals surface area (Å²) in [6, 6.07) is 13.5. The van der Waals surface area contributed by atoms with Crippen LogP contribution in [0, 0.1) is 11.3 Å². The molecule has 2 aromatic heterocycles. The molecule has 1 aliphatic heterocycles. The maximum atomic E-state index is 14.9. The van der Waals surface area contributed by atoms with E-state index in [1.54, 1.807) is 61.7 Å². The Bertz CT molecular complexity index is 2450. The van der Waals surface area contributed by atoms with Crippen LogP contribution in [0.2, 0.25) is 0 Å². The molecule has 7 rings (SSSR count). The van der Waals surface area contributed by atoms with E-state index in [1.165, 1.54) is 22.9 Å². The summed E-state index contributed by atoms with van der Waals surface area (Å²) in [6.45, 7) is 14.2. The molecule has 1 unspecified atom stereocenters. The molecule has 0 radical (unpaired) electrons. The summed E-state index contributed by atoms with van der Waals surface area (Å²) in [5.41, 5.74) is 1.24. The second kappa shape index (κ2) is 19.5. The number of amides is 3. The molecule has 348 valence electrons. The van der Waals surface area contributed by atoms with E-state index >= 15 is 0 Å². The molecule has 3 N–H and O–H groups in total. The second-order valence-corrected chi connectivity index (χ2v) is 21.9. The summed E-state index contributed by atoms with van der Waals surface area (Å²) in [4.78, 5) is 66.9. The molecule has 3 amide bonds. The summed E-state index contributed by atoms with van der Waals surface area (Å²) in [7, 11) is -2.21. The van der Waals surface area contributed by atoms with Gasteiger partial charge in [0.1, 0.15) is 46.8 Å². The van der Waals surface area contributed by atoms with Crippen molar-refractivity contribution in [2.45, 2.75) is 109 Å². The monoisotopic (exact) mass is 930 g/mol. The molecule has 0 bridgehead atoms. The van der Waals surface area contributed by atoms with E-state index in [0.717, 1.165) is 30.8 Å². The van der Waals surface area contributed by atoms with Crippen molar-refractivity contribution >= 4 is 58.6 Å². The van der Waals surface area contributed by atoms with Crippen molar-refractivity contribution in [3.63, 3.8) is 0 Å². The van der Waals surface area contributed by atoms with Gasteiger partial charge in [-0.25, -0.2) is 19.6 Å². The fourth-order valence-electron chi connectivity index (χ4n) is 8.43. The van der Waals surface area contributed by atoms with Crippen LogP contribution in [0.4, 0.5) is 9.93 Å². The molecule has 1 saturated heterocycles. The third kappa shape index (κ3) is 10.8. The molecule has 2 aliphatic carbocycles. The Balaban J connectivity index is 1.18. The number of likely N-dealkylation sites (tertiary alicyclic amines) is 1. The molecule has 4 aromatic rings. The number of benzene rings is 2. The number of hydrogen-bond donors (Lipinski definition) is 3. The third-order valence-corrected chi connectivity index (χ3v) is 15.5. The van der Waals surface area contributed by atoms with Crippen molar-refractivity contribution in [1.82, 2.24) is 25.5 Å². The number of ether oxygens (including phenoxy) is 4. The van der Waals surface area contributed by atoms with Gasteiger partial charge in [-0.2, -0.15) is 0 Å². The molecule has 6 atom stereocenters. The quantitative estimate of drug-likeness (QED) is 0.0396. The van der Waals surface area contributed by atoms with E-state index in [1.807, 2.05) is 46.1 Å². The van der Waals surface area contributed by atoms with E-state index in [4.69, 9.17) is 33.4 Å². The van der Waals surface area contributed by atoms with E-state index in [2.05, 4.69) is 22.5 Å². The average Bonchev–Trinajstić information content (AvgIpc) is 3.66. The summed E-state index contributed by atoms with van der Waals surface area (Å²) in [5.74, 6) is -1.18. The number of thiazole rings is 1. The predicted octanol–water partition coefficient (Wildman–Crippen LogP) is 8.38. The highest BCUT2D eigenvalue weighted by Crippen LogP contribution is 2.70. The molecule has 2 aromatic carbocycles. The lowest BCUT2D eigenvalue weighted by atomic mass is 9.85. The van der Waals surface area contributed by atoms with Gasteiger partial charge in [0.15, 0.2) is 11.9 Å². The lowest BCUT2D eigenvalue weighted by Gasteiger charge is -2.36. The number of nitrogens with zero attached hydrogens (tertiary/aromatic N) is 3. The standard InChI is InChI=1S/C47H59N6O10PS/c1-9-30-24-47(30,64(8,58)61-27-60-43(56)29-15-11-10-12-16-29)52-41(54)38-22-33(25-53(38)42(55)40(46(4,5)6)51-45(57)63-31-17-13-14-18-31)62-39-23-36(37-26-65-44(50-37)48-28(2)3)49-35-21-32(59-7)19-20-34(35)39/h9-12,15-16,19-21,23,26,28,30-31,33,38,40H,1,13-14,17-18,22,24-25,27H2,2-8H3,(H,48,50)(H,51,57)(H,52,54)/t30-,33-,38+,40-,47+,64?/m1/s1. The Kier molecular flexibility index (Phi) is 14.3. The molecule has 3 heterocycles. The number of anilines is 1. The van der Waals surface area contributed by atoms with Crippen LogP contribution in [-0.4, -0.2) is 101 Å². The van der Waals surface area contributed by atoms with Gasteiger partial charge in [-0.15, -0.1) is 17.9 Å². The van der Waals surface area contributed by atoms with Gasteiger partial charge >= 0.3 is 12.1 Å². The lowest BCUT2D eigenvalue weighted by Crippen LogP contribution is -2.58. The first-order valence-corrected chi connectivity index (χ1v) is 24.9. The van der Waals surface area contributed by atoms with Crippen LogP contribution in [-0.2, 0) is 28.2 Å². The van der Waals surface area contributed by atoms with Crippen LogP contribution in [0.25, 0.3) is 22.3 Å². The molecule has 16 nitrogen and oxygen atoms in total. The number of methoxy groups -OCH3 is 1. The van der Waals surface area contributed by atoms with Crippen LogP contribution in [0.5, 0.6) is 11.5 Å². The second-order valence-electron chi connectivity index (χ2n) is 18.3. The first kappa shape index (κ1) is 47.5. The highest BCUT2D eigenvalue weighted by molar-refractivity contribution is 7.60. The number of carbonyl (C=O) groups excluding carboxylic acids is 4. The minimum absolute atomic E-state index is 0.0355.